The molecule has 2 heterocycles. The summed E-state index contributed by atoms with van der Waals surface area (Å²) in [5.74, 6) is 1.18. The molecule has 0 aliphatic carbocycles. The largest absolute Gasteiger partial charge is 0.504 e. The molecule has 0 atom stereocenters. The summed E-state index contributed by atoms with van der Waals surface area (Å²) in [4.78, 5) is 3.93. The van der Waals surface area contributed by atoms with Crippen LogP contribution >= 0.6 is 0 Å². The van der Waals surface area contributed by atoms with Crippen LogP contribution in [0.2, 0.25) is 0 Å². The van der Waals surface area contributed by atoms with Crippen LogP contribution in [0.25, 0.3) is 22.9 Å². The van der Waals surface area contributed by atoms with Crippen molar-refractivity contribution in [1.82, 2.24) is 15.2 Å². The van der Waals surface area contributed by atoms with Crippen molar-refractivity contribution in [3.8, 4) is 34.4 Å². The number of aromatic nitrogens is 3. The topological polar surface area (TPSA) is 81.3 Å². The van der Waals surface area contributed by atoms with Crippen molar-refractivity contribution >= 4 is 0 Å². The van der Waals surface area contributed by atoms with E-state index in [2.05, 4.69) is 15.2 Å². The van der Waals surface area contributed by atoms with E-state index in [4.69, 9.17) is 9.15 Å². The number of pyridine rings is 1. The molecule has 0 radical (unpaired) electrons. The zero-order valence-electron chi connectivity index (χ0n) is 10.6. The summed E-state index contributed by atoms with van der Waals surface area (Å²) in [6.45, 7) is 0. The number of hydrogen-bond donors (Lipinski definition) is 1. The highest BCUT2D eigenvalue weighted by Gasteiger charge is 2.12. The number of hydrogen-bond acceptors (Lipinski definition) is 6. The summed E-state index contributed by atoms with van der Waals surface area (Å²) >= 11 is 0. The lowest BCUT2D eigenvalue weighted by atomic mass is 10.2. The number of phenols is 1. The van der Waals surface area contributed by atoms with E-state index in [0.717, 1.165) is 5.56 Å². The second-order valence-corrected chi connectivity index (χ2v) is 4.03. The molecule has 3 aromatic rings. The van der Waals surface area contributed by atoms with Gasteiger partial charge in [0.2, 0.25) is 11.8 Å². The smallest absolute Gasteiger partial charge is 0.248 e. The summed E-state index contributed by atoms with van der Waals surface area (Å²) < 4.78 is 10.7. The van der Waals surface area contributed by atoms with E-state index in [1.54, 1.807) is 36.7 Å². The Kier molecular flexibility index (Phi) is 3.04. The van der Waals surface area contributed by atoms with Gasteiger partial charge >= 0.3 is 0 Å². The number of aromatic hydroxyl groups is 1. The van der Waals surface area contributed by atoms with Crippen LogP contribution in [0.15, 0.2) is 47.1 Å². The van der Waals surface area contributed by atoms with Gasteiger partial charge in [0.15, 0.2) is 11.5 Å². The lowest BCUT2D eigenvalue weighted by molar-refractivity contribution is 0.373. The molecule has 6 heteroatoms. The van der Waals surface area contributed by atoms with Gasteiger partial charge in [-0.1, -0.05) is 0 Å². The molecule has 6 nitrogen and oxygen atoms in total. The third kappa shape index (κ3) is 2.18. The highest BCUT2D eigenvalue weighted by molar-refractivity contribution is 5.61. The summed E-state index contributed by atoms with van der Waals surface area (Å²) in [5.41, 5.74) is 1.47. The molecule has 100 valence electrons. The molecule has 1 aromatic carbocycles. The van der Waals surface area contributed by atoms with Crippen molar-refractivity contribution in [2.45, 2.75) is 0 Å². The van der Waals surface area contributed by atoms with Crippen LogP contribution in [0.1, 0.15) is 0 Å². The highest BCUT2D eigenvalue weighted by Crippen LogP contribution is 2.31. The first-order chi connectivity index (χ1) is 9.78. The first-order valence-electron chi connectivity index (χ1n) is 5.89. The van der Waals surface area contributed by atoms with Crippen LogP contribution in [-0.4, -0.2) is 27.4 Å². The lowest BCUT2D eigenvalue weighted by Crippen LogP contribution is -1.85. The fourth-order valence-corrected chi connectivity index (χ4v) is 1.76. The zero-order valence-corrected chi connectivity index (χ0v) is 10.6. The van der Waals surface area contributed by atoms with Gasteiger partial charge in [-0.05, 0) is 30.3 Å². The Morgan fingerprint density at radius 1 is 1.00 bits per heavy atom. The Balaban J connectivity index is 1.98. The van der Waals surface area contributed by atoms with Crippen molar-refractivity contribution in [2.75, 3.05) is 7.11 Å². The maximum absolute atomic E-state index is 9.57. The minimum Gasteiger partial charge on any atom is -0.504 e. The average molecular weight is 269 g/mol. The van der Waals surface area contributed by atoms with Crippen LogP contribution in [0.3, 0.4) is 0 Å². The van der Waals surface area contributed by atoms with Gasteiger partial charge in [0.05, 0.1) is 7.11 Å². The van der Waals surface area contributed by atoms with E-state index in [1.165, 1.54) is 13.2 Å². The summed E-state index contributed by atoms with van der Waals surface area (Å²) in [5, 5.41) is 17.6. The van der Waals surface area contributed by atoms with Crippen LogP contribution < -0.4 is 4.74 Å². The number of ether oxygens (including phenoxy) is 1. The molecule has 2 aromatic heterocycles. The van der Waals surface area contributed by atoms with Crippen LogP contribution in [0, 0.1) is 0 Å². The molecule has 0 unspecified atom stereocenters. The van der Waals surface area contributed by atoms with Crippen LogP contribution in [-0.2, 0) is 0 Å². The van der Waals surface area contributed by atoms with E-state index in [1.807, 2.05) is 0 Å². The van der Waals surface area contributed by atoms with Crippen molar-refractivity contribution in [3.63, 3.8) is 0 Å². The molecule has 3 rings (SSSR count). The fraction of sp³-hybridized carbons (Fsp3) is 0.0714. The van der Waals surface area contributed by atoms with Gasteiger partial charge in [-0.25, -0.2) is 0 Å². The number of methoxy groups -OCH3 is 1. The van der Waals surface area contributed by atoms with Gasteiger partial charge < -0.3 is 14.3 Å². The molecule has 0 saturated carbocycles. The van der Waals surface area contributed by atoms with Crippen LogP contribution in [0.4, 0.5) is 0 Å². The number of benzene rings is 1. The predicted octanol–water partition coefficient (Wildman–Crippen LogP) is 2.51. The van der Waals surface area contributed by atoms with Gasteiger partial charge in [0.1, 0.15) is 0 Å². The van der Waals surface area contributed by atoms with Gasteiger partial charge in [0.25, 0.3) is 0 Å². The van der Waals surface area contributed by atoms with Crippen molar-refractivity contribution in [1.29, 1.82) is 0 Å². The molecular weight excluding hydrogens is 258 g/mol. The van der Waals surface area contributed by atoms with Crippen molar-refractivity contribution in [2.24, 2.45) is 0 Å². The monoisotopic (exact) mass is 269 g/mol. The molecule has 0 aliphatic rings. The van der Waals surface area contributed by atoms with E-state index in [0.29, 0.717) is 23.1 Å². The van der Waals surface area contributed by atoms with Gasteiger partial charge in [0, 0.05) is 23.5 Å². The molecule has 1 N–H and O–H groups in total. The fourth-order valence-electron chi connectivity index (χ4n) is 1.76. The van der Waals surface area contributed by atoms with Gasteiger partial charge in [-0.2, -0.15) is 0 Å². The van der Waals surface area contributed by atoms with Crippen LogP contribution in [0.5, 0.6) is 11.5 Å². The maximum Gasteiger partial charge on any atom is 0.248 e. The van der Waals surface area contributed by atoms with Gasteiger partial charge in [-0.3, -0.25) is 4.98 Å². The summed E-state index contributed by atoms with van der Waals surface area (Å²) in [6.07, 6.45) is 3.31. The molecular formula is C14H11N3O3. The third-order valence-electron chi connectivity index (χ3n) is 2.78. The molecule has 0 fully saturated rings. The molecule has 0 aliphatic heterocycles. The van der Waals surface area contributed by atoms with E-state index < -0.39 is 0 Å². The maximum atomic E-state index is 9.57. The normalized spacial score (nSPS) is 10.4. The van der Waals surface area contributed by atoms with E-state index >= 15 is 0 Å². The highest BCUT2D eigenvalue weighted by atomic mass is 16.5. The standard InChI is InChI=1S/C14H11N3O3/c1-19-12-8-10(2-3-11(12)18)14-17-16-13(20-14)9-4-6-15-7-5-9/h2-8,18H,1H3. The van der Waals surface area contributed by atoms with Crippen molar-refractivity contribution < 1.29 is 14.3 Å². The number of rotatable bonds is 3. The van der Waals surface area contributed by atoms with Gasteiger partial charge in [-0.15, -0.1) is 10.2 Å². The third-order valence-corrected chi connectivity index (χ3v) is 2.78. The lowest BCUT2D eigenvalue weighted by Gasteiger charge is -2.03. The summed E-state index contributed by atoms with van der Waals surface area (Å²) in [6, 6.07) is 8.41. The average Bonchev–Trinajstić information content (AvgIpc) is 2.98. The number of phenolic OH excluding ortho intramolecular Hbond substituents is 1. The first-order valence-corrected chi connectivity index (χ1v) is 5.89. The minimum absolute atomic E-state index is 0.0603. The summed E-state index contributed by atoms with van der Waals surface area (Å²) in [7, 11) is 1.48. The zero-order chi connectivity index (χ0) is 13.9. The Morgan fingerprint density at radius 2 is 1.70 bits per heavy atom. The predicted molar refractivity (Wildman–Crippen MR) is 71.2 cm³/mol. The SMILES string of the molecule is COc1cc(-c2nnc(-c3ccncc3)o2)ccc1O. The Bertz CT molecular complexity index is 726. The first kappa shape index (κ1) is 12.2. The molecule has 0 bridgehead atoms. The molecule has 0 saturated heterocycles. The Labute approximate surface area is 114 Å². The van der Waals surface area contributed by atoms with Crippen molar-refractivity contribution in [3.05, 3.63) is 42.7 Å². The second kappa shape index (κ2) is 5.00. The Hall–Kier alpha value is -2.89. The number of nitrogens with zero attached hydrogens (tertiary/aromatic N) is 3. The minimum atomic E-state index is 0.0603. The Morgan fingerprint density at radius 3 is 2.40 bits per heavy atom. The molecule has 0 spiro atoms. The van der Waals surface area contributed by atoms with E-state index in [9.17, 15) is 5.11 Å². The quantitative estimate of drug-likeness (QED) is 0.786. The molecule has 20 heavy (non-hydrogen) atoms. The van der Waals surface area contributed by atoms with E-state index in [-0.39, 0.29) is 5.75 Å². The second-order valence-electron chi connectivity index (χ2n) is 4.03. The molecule has 0 amide bonds.